The van der Waals surface area contributed by atoms with Crippen molar-refractivity contribution in [2.75, 3.05) is 33.9 Å². The van der Waals surface area contributed by atoms with E-state index in [1.54, 1.807) is 14.2 Å². The Morgan fingerprint density at radius 2 is 1.87 bits per heavy atom. The van der Waals surface area contributed by atoms with Crippen molar-refractivity contribution in [3.8, 4) is 0 Å². The molecular formula is C23H37NO6. The molecule has 1 heterocycles. The number of rotatable bonds is 4. The Labute approximate surface area is 178 Å². The Balaban J connectivity index is 1.62. The number of likely N-dealkylation sites (tertiary alicyclic amines) is 1. The first kappa shape index (κ1) is 20.3. The normalized spacial score (nSPS) is 63.3. The van der Waals surface area contributed by atoms with E-state index in [2.05, 4.69) is 11.8 Å². The van der Waals surface area contributed by atoms with E-state index >= 15 is 0 Å². The fourth-order valence-corrected chi connectivity index (χ4v) is 10.3. The van der Waals surface area contributed by atoms with Gasteiger partial charge < -0.3 is 29.9 Å². The minimum absolute atomic E-state index is 0.0266. The smallest absolute Gasteiger partial charge is 0.110 e. The van der Waals surface area contributed by atoms with Crippen molar-refractivity contribution >= 4 is 0 Å². The van der Waals surface area contributed by atoms with E-state index < -0.39 is 34.7 Å². The lowest BCUT2D eigenvalue weighted by Crippen LogP contribution is -2.81. The molecule has 7 bridgehead atoms. The summed E-state index contributed by atoms with van der Waals surface area (Å²) in [5.41, 5.74) is -3.43. The molecule has 0 aromatic rings. The Kier molecular flexibility index (Phi) is 4.06. The van der Waals surface area contributed by atoms with E-state index in [9.17, 15) is 20.4 Å². The highest BCUT2D eigenvalue weighted by molar-refractivity contribution is 5.38. The number of ether oxygens (including phenoxy) is 2. The molecule has 4 N–H and O–H groups in total. The highest BCUT2D eigenvalue weighted by atomic mass is 16.5. The maximum Gasteiger partial charge on any atom is 0.110 e. The van der Waals surface area contributed by atoms with Gasteiger partial charge in [-0.05, 0) is 44.1 Å². The third kappa shape index (κ3) is 1.84. The Morgan fingerprint density at radius 3 is 2.53 bits per heavy atom. The van der Waals surface area contributed by atoms with Crippen LogP contribution in [0, 0.1) is 34.5 Å². The van der Waals surface area contributed by atoms with Crippen LogP contribution in [0.15, 0.2) is 0 Å². The molecule has 1 unspecified atom stereocenters. The molecule has 5 aliphatic carbocycles. The summed E-state index contributed by atoms with van der Waals surface area (Å²) in [7, 11) is 3.38. The number of nitrogens with zero attached hydrogens (tertiary/aromatic N) is 1. The van der Waals surface area contributed by atoms with Crippen LogP contribution in [0.1, 0.15) is 39.0 Å². The molecule has 0 amide bonds. The van der Waals surface area contributed by atoms with Gasteiger partial charge in [0.1, 0.15) is 11.2 Å². The summed E-state index contributed by atoms with van der Waals surface area (Å²) in [6.07, 6.45) is 1.61. The number of aliphatic hydroxyl groups excluding tert-OH is 2. The van der Waals surface area contributed by atoms with Crippen LogP contribution in [0.2, 0.25) is 0 Å². The first-order valence-electron chi connectivity index (χ1n) is 11.8. The van der Waals surface area contributed by atoms with Crippen molar-refractivity contribution in [1.82, 2.24) is 4.90 Å². The predicted octanol–water partition coefficient (Wildman–Crippen LogP) is -0.00800. The van der Waals surface area contributed by atoms with Crippen LogP contribution >= 0.6 is 0 Å². The van der Waals surface area contributed by atoms with Gasteiger partial charge in [-0.25, -0.2) is 0 Å². The van der Waals surface area contributed by atoms with Gasteiger partial charge in [0.25, 0.3) is 0 Å². The molecule has 30 heavy (non-hydrogen) atoms. The zero-order valence-electron chi connectivity index (χ0n) is 18.3. The summed E-state index contributed by atoms with van der Waals surface area (Å²) in [6.45, 7) is 4.30. The lowest BCUT2D eigenvalue weighted by atomic mass is 9.42. The Morgan fingerprint density at radius 1 is 1.10 bits per heavy atom. The molecule has 1 aliphatic heterocycles. The number of methoxy groups -OCH3 is 2. The number of hydrogen-bond acceptors (Lipinski definition) is 7. The molecule has 7 heteroatoms. The minimum atomic E-state index is -1.41. The molecule has 7 nitrogen and oxygen atoms in total. The summed E-state index contributed by atoms with van der Waals surface area (Å²) in [4.78, 5) is 2.33. The van der Waals surface area contributed by atoms with Crippen LogP contribution in [0.5, 0.6) is 0 Å². The van der Waals surface area contributed by atoms with Crippen LogP contribution in [-0.4, -0.2) is 94.8 Å². The standard InChI is InChI=1S/C23H37NO6/c1-4-24-10-20(11-29-2)6-5-16(25)23-13-7-12-14(30-3)8-21(27,17(13)18(12)26)22(28,19(23)24)9-15(20)23/h12-19,25-28H,4-11H2,1-3H3/t12-,13-,14+,15-,16+,17-,18+,19?,20+,21-,22-,23-/m1/s1. The largest absolute Gasteiger partial charge is 0.392 e. The van der Waals surface area contributed by atoms with Crippen molar-refractivity contribution in [3.63, 3.8) is 0 Å². The first-order chi connectivity index (χ1) is 14.2. The number of piperidine rings is 1. The lowest BCUT2D eigenvalue weighted by molar-refractivity contribution is -0.312. The number of hydrogen-bond donors (Lipinski definition) is 4. The predicted molar refractivity (Wildman–Crippen MR) is 108 cm³/mol. The van der Waals surface area contributed by atoms with E-state index in [1.807, 2.05) is 0 Å². The van der Waals surface area contributed by atoms with Gasteiger partial charge in [0.2, 0.25) is 0 Å². The van der Waals surface area contributed by atoms with Crippen molar-refractivity contribution in [3.05, 3.63) is 0 Å². The van der Waals surface area contributed by atoms with Gasteiger partial charge in [-0.2, -0.15) is 0 Å². The molecule has 1 saturated heterocycles. The average molecular weight is 424 g/mol. The minimum Gasteiger partial charge on any atom is -0.392 e. The van der Waals surface area contributed by atoms with Crippen LogP contribution in [0.4, 0.5) is 0 Å². The van der Waals surface area contributed by atoms with Gasteiger partial charge in [-0.15, -0.1) is 0 Å². The topological polar surface area (TPSA) is 103 Å². The maximum absolute atomic E-state index is 12.4. The van der Waals surface area contributed by atoms with E-state index in [4.69, 9.17) is 9.47 Å². The summed E-state index contributed by atoms with van der Waals surface area (Å²) < 4.78 is 11.5. The zero-order valence-corrected chi connectivity index (χ0v) is 18.3. The summed E-state index contributed by atoms with van der Waals surface area (Å²) in [5.74, 6) is -0.409. The fraction of sp³-hybridized carbons (Fsp3) is 1.00. The molecule has 170 valence electrons. The molecule has 1 spiro atoms. The van der Waals surface area contributed by atoms with Gasteiger partial charge >= 0.3 is 0 Å². The molecule has 0 aromatic carbocycles. The van der Waals surface area contributed by atoms with Crippen LogP contribution in [-0.2, 0) is 9.47 Å². The highest BCUT2D eigenvalue weighted by Crippen LogP contribution is 2.79. The Hall–Kier alpha value is -0.280. The van der Waals surface area contributed by atoms with Crippen LogP contribution in [0.3, 0.4) is 0 Å². The van der Waals surface area contributed by atoms with Crippen molar-refractivity contribution in [1.29, 1.82) is 0 Å². The average Bonchev–Trinajstić information content (AvgIpc) is 3.10. The van der Waals surface area contributed by atoms with E-state index in [1.165, 1.54) is 0 Å². The van der Waals surface area contributed by atoms with Gasteiger partial charge in [-0.3, -0.25) is 4.90 Å². The monoisotopic (exact) mass is 423 g/mol. The SMILES string of the molecule is CCN1C[C@]2(COC)CC[C@H](O)[C@]34C1[C@](O)(C[C@H]23)[C@@]1(O)C[C@H](OC)[C@H]2C[C@@H]4[C@@H]1[C@H]2O. The summed E-state index contributed by atoms with van der Waals surface area (Å²) >= 11 is 0. The molecule has 6 aliphatic rings. The molecule has 5 saturated carbocycles. The second-order valence-electron chi connectivity index (χ2n) is 11.4. The molecule has 12 atom stereocenters. The van der Waals surface area contributed by atoms with E-state index in [-0.39, 0.29) is 35.3 Å². The van der Waals surface area contributed by atoms with E-state index in [0.29, 0.717) is 25.9 Å². The third-order valence-electron chi connectivity index (χ3n) is 11.0. The highest BCUT2D eigenvalue weighted by Gasteiger charge is 2.88. The fourth-order valence-electron chi connectivity index (χ4n) is 10.3. The van der Waals surface area contributed by atoms with Crippen LogP contribution in [0.25, 0.3) is 0 Å². The lowest BCUT2D eigenvalue weighted by Gasteiger charge is -2.70. The summed E-state index contributed by atoms with van der Waals surface area (Å²) in [5, 5.41) is 47.7. The first-order valence-corrected chi connectivity index (χ1v) is 11.8. The molecule has 0 radical (unpaired) electrons. The second-order valence-corrected chi connectivity index (χ2v) is 11.4. The van der Waals surface area contributed by atoms with Crippen molar-refractivity contribution in [2.24, 2.45) is 34.5 Å². The number of likely N-dealkylation sites (N-methyl/N-ethyl adjacent to an activating group) is 1. The Bertz CT molecular complexity index is 751. The van der Waals surface area contributed by atoms with E-state index in [0.717, 1.165) is 25.9 Å². The number of fused-ring (bicyclic) bond motifs is 2. The second kappa shape index (κ2) is 5.99. The molecule has 6 rings (SSSR count). The van der Waals surface area contributed by atoms with Crippen molar-refractivity contribution < 1.29 is 29.9 Å². The maximum atomic E-state index is 12.4. The molecule has 0 aromatic heterocycles. The van der Waals surface area contributed by atoms with Gasteiger partial charge in [-0.1, -0.05) is 6.92 Å². The van der Waals surface area contributed by atoms with Gasteiger partial charge in [0.15, 0.2) is 0 Å². The van der Waals surface area contributed by atoms with Gasteiger partial charge in [0.05, 0.1) is 24.9 Å². The molecule has 6 fully saturated rings. The quantitative estimate of drug-likeness (QED) is 0.504. The van der Waals surface area contributed by atoms with Crippen LogP contribution < -0.4 is 0 Å². The third-order valence-corrected chi connectivity index (χ3v) is 11.0. The molecular weight excluding hydrogens is 386 g/mol. The zero-order chi connectivity index (χ0) is 21.3. The number of aliphatic hydroxyl groups is 4. The summed E-state index contributed by atoms with van der Waals surface area (Å²) in [6, 6.07) is -0.298. The van der Waals surface area contributed by atoms with Gasteiger partial charge in [0, 0.05) is 55.9 Å². The van der Waals surface area contributed by atoms with Crippen molar-refractivity contribution in [2.45, 2.75) is 74.6 Å².